The number of hydrogen-bond donors (Lipinski definition) is 1. The van der Waals surface area contributed by atoms with E-state index in [9.17, 15) is 0 Å². The standard InChI is InChI=1S/C17H22N4/c1-20-10-15(8-19-20)14-4-2-13(3-5-14)9-21-11-16-6-7-17(16,18)12-21/h2-5,8,10,16H,6-7,9,11-12,18H2,1H3/t16-,17-/m0/s1. The molecule has 4 nitrogen and oxygen atoms in total. The summed E-state index contributed by atoms with van der Waals surface area (Å²) in [5, 5.41) is 4.22. The van der Waals surface area contributed by atoms with Gasteiger partial charge >= 0.3 is 0 Å². The Balaban J connectivity index is 1.45. The number of rotatable bonds is 3. The molecule has 2 N–H and O–H groups in total. The van der Waals surface area contributed by atoms with E-state index in [1.54, 1.807) is 0 Å². The van der Waals surface area contributed by atoms with Crippen LogP contribution >= 0.6 is 0 Å². The van der Waals surface area contributed by atoms with Crippen LogP contribution in [0.15, 0.2) is 36.7 Å². The van der Waals surface area contributed by atoms with Crippen molar-refractivity contribution in [2.45, 2.75) is 24.9 Å². The molecule has 4 rings (SSSR count). The van der Waals surface area contributed by atoms with Crippen LogP contribution in [0.2, 0.25) is 0 Å². The Bertz CT molecular complexity index is 645. The highest BCUT2D eigenvalue weighted by molar-refractivity contribution is 5.61. The zero-order chi connectivity index (χ0) is 14.4. The first-order valence-corrected chi connectivity index (χ1v) is 7.72. The van der Waals surface area contributed by atoms with E-state index in [1.807, 2.05) is 24.1 Å². The molecule has 4 heteroatoms. The van der Waals surface area contributed by atoms with E-state index < -0.39 is 0 Å². The maximum Gasteiger partial charge on any atom is 0.0568 e. The van der Waals surface area contributed by atoms with Gasteiger partial charge < -0.3 is 5.73 Å². The zero-order valence-corrected chi connectivity index (χ0v) is 12.5. The van der Waals surface area contributed by atoms with Crippen molar-refractivity contribution < 1.29 is 0 Å². The number of aromatic nitrogens is 2. The monoisotopic (exact) mass is 282 g/mol. The van der Waals surface area contributed by atoms with Gasteiger partial charge in [0.1, 0.15) is 0 Å². The smallest absolute Gasteiger partial charge is 0.0568 e. The molecular formula is C17H22N4. The summed E-state index contributed by atoms with van der Waals surface area (Å²) in [6.45, 7) is 3.24. The van der Waals surface area contributed by atoms with Crippen LogP contribution in [-0.2, 0) is 13.6 Å². The van der Waals surface area contributed by atoms with Crippen molar-refractivity contribution in [2.75, 3.05) is 13.1 Å². The summed E-state index contributed by atoms with van der Waals surface area (Å²) in [7, 11) is 1.95. The highest BCUT2D eigenvalue weighted by Gasteiger charge is 2.49. The lowest BCUT2D eigenvalue weighted by Crippen LogP contribution is -2.54. The van der Waals surface area contributed by atoms with Crippen LogP contribution in [0.1, 0.15) is 18.4 Å². The number of hydrogen-bond acceptors (Lipinski definition) is 3. The molecule has 1 aromatic heterocycles. The van der Waals surface area contributed by atoms with Crippen LogP contribution in [0.5, 0.6) is 0 Å². The largest absolute Gasteiger partial charge is 0.324 e. The Morgan fingerprint density at radius 1 is 1.29 bits per heavy atom. The predicted molar refractivity (Wildman–Crippen MR) is 83.6 cm³/mol. The molecule has 0 spiro atoms. The Kier molecular flexibility index (Phi) is 2.91. The fraction of sp³-hybridized carbons (Fsp3) is 0.471. The Morgan fingerprint density at radius 2 is 2.10 bits per heavy atom. The van der Waals surface area contributed by atoms with Gasteiger partial charge in [-0.15, -0.1) is 0 Å². The van der Waals surface area contributed by atoms with Crippen LogP contribution in [0.25, 0.3) is 11.1 Å². The predicted octanol–water partition coefficient (Wildman–Crippen LogP) is 2.01. The van der Waals surface area contributed by atoms with Crippen molar-refractivity contribution >= 4 is 0 Å². The van der Waals surface area contributed by atoms with E-state index in [2.05, 4.69) is 34.3 Å². The number of nitrogens with two attached hydrogens (primary N) is 1. The van der Waals surface area contributed by atoms with Crippen LogP contribution in [-0.4, -0.2) is 33.3 Å². The van der Waals surface area contributed by atoms with Gasteiger partial charge in [0.25, 0.3) is 0 Å². The fourth-order valence-corrected chi connectivity index (χ4v) is 3.74. The second-order valence-corrected chi connectivity index (χ2v) is 6.74. The molecule has 2 heterocycles. The van der Waals surface area contributed by atoms with Gasteiger partial charge in [0, 0.05) is 44.0 Å². The summed E-state index contributed by atoms with van der Waals surface area (Å²) in [4.78, 5) is 2.51. The van der Waals surface area contributed by atoms with Gasteiger partial charge in [-0.2, -0.15) is 5.10 Å². The average Bonchev–Trinajstić information content (AvgIpc) is 2.98. The van der Waals surface area contributed by atoms with Crippen molar-refractivity contribution in [3.05, 3.63) is 42.2 Å². The Morgan fingerprint density at radius 3 is 2.62 bits per heavy atom. The van der Waals surface area contributed by atoms with Gasteiger partial charge in [-0.25, -0.2) is 0 Å². The summed E-state index contributed by atoms with van der Waals surface area (Å²) >= 11 is 0. The van der Waals surface area contributed by atoms with Gasteiger partial charge in [0.05, 0.1) is 6.20 Å². The molecule has 2 fully saturated rings. The maximum absolute atomic E-state index is 6.40. The Hall–Kier alpha value is -1.65. The Labute approximate surface area is 125 Å². The van der Waals surface area contributed by atoms with Crippen molar-refractivity contribution in [1.29, 1.82) is 0 Å². The van der Waals surface area contributed by atoms with Crippen molar-refractivity contribution in [3.8, 4) is 11.1 Å². The van der Waals surface area contributed by atoms with Gasteiger partial charge in [0.15, 0.2) is 0 Å². The zero-order valence-electron chi connectivity index (χ0n) is 12.5. The molecule has 21 heavy (non-hydrogen) atoms. The molecule has 0 unspecified atom stereocenters. The van der Waals surface area contributed by atoms with E-state index >= 15 is 0 Å². The van der Waals surface area contributed by atoms with Gasteiger partial charge in [-0.05, 0) is 29.9 Å². The van der Waals surface area contributed by atoms with Gasteiger partial charge in [-0.1, -0.05) is 24.3 Å². The molecular weight excluding hydrogens is 260 g/mol. The molecule has 1 aliphatic carbocycles. The van der Waals surface area contributed by atoms with E-state index in [1.165, 1.54) is 36.1 Å². The number of aryl methyl sites for hydroxylation is 1. The molecule has 0 amide bonds. The first-order chi connectivity index (χ1) is 10.1. The molecule has 2 aromatic rings. The maximum atomic E-state index is 6.40. The van der Waals surface area contributed by atoms with Crippen LogP contribution in [0.3, 0.4) is 0 Å². The first kappa shape index (κ1) is 13.0. The number of likely N-dealkylation sites (tertiary alicyclic amines) is 1. The number of nitrogens with zero attached hydrogens (tertiary/aromatic N) is 3. The summed E-state index contributed by atoms with van der Waals surface area (Å²) in [5.41, 5.74) is 10.3. The lowest BCUT2D eigenvalue weighted by atomic mass is 9.70. The molecule has 110 valence electrons. The second kappa shape index (κ2) is 4.68. The number of benzene rings is 1. The van der Waals surface area contributed by atoms with Crippen LogP contribution < -0.4 is 5.73 Å². The lowest BCUT2D eigenvalue weighted by Gasteiger charge is -2.40. The van der Waals surface area contributed by atoms with E-state index in [4.69, 9.17) is 5.73 Å². The van der Waals surface area contributed by atoms with Gasteiger partial charge in [0.2, 0.25) is 0 Å². The minimum Gasteiger partial charge on any atom is -0.324 e. The van der Waals surface area contributed by atoms with Gasteiger partial charge in [-0.3, -0.25) is 9.58 Å². The SMILES string of the molecule is Cn1cc(-c2ccc(CN3C[C@@H]4CC[C@]4(N)C3)cc2)cn1. The molecule has 1 saturated heterocycles. The fourth-order valence-electron chi connectivity index (χ4n) is 3.74. The molecule has 1 aromatic carbocycles. The number of fused-ring (bicyclic) bond motifs is 1. The topological polar surface area (TPSA) is 47.1 Å². The third kappa shape index (κ3) is 2.28. The molecule has 0 bridgehead atoms. The normalized spacial score (nSPS) is 28.4. The highest BCUT2D eigenvalue weighted by atomic mass is 15.2. The summed E-state index contributed by atoms with van der Waals surface area (Å²) in [6.07, 6.45) is 6.47. The van der Waals surface area contributed by atoms with Crippen molar-refractivity contribution in [3.63, 3.8) is 0 Å². The molecule has 2 aliphatic rings. The van der Waals surface area contributed by atoms with Crippen molar-refractivity contribution in [2.24, 2.45) is 18.7 Å². The van der Waals surface area contributed by atoms with E-state index in [0.717, 1.165) is 19.0 Å². The van der Waals surface area contributed by atoms with E-state index in [-0.39, 0.29) is 5.54 Å². The molecule has 0 radical (unpaired) electrons. The molecule has 1 saturated carbocycles. The summed E-state index contributed by atoms with van der Waals surface area (Å²) in [6, 6.07) is 8.84. The third-order valence-corrected chi connectivity index (χ3v) is 5.17. The van der Waals surface area contributed by atoms with Crippen LogP contribution in [0.4, 0.5) is 0 Å². The molecule has 1 aliphatic heterocycles. The summed E-state index contributed by atoms with van der Waals surface area (Å²) < 4.78 is 1.84. The minimum atomic E-state index is 0.121. The average molecular weight is 282 g/mol. The van der Waals surface area contributed by atoms with E-state index in [0.29, 0.717) is 0 Å². The second-order valence-electron chi connectivity index (χ2n) is 6.74. The quantitative estimate of drug-likeness (QED) is 0.937. The van der Waals surface area contributed by atoms with Crippen LogP contribution in [0, 0.1) is 5.92 Å². The highest BCUT2D eigenvalue weighted by Crippen LogP contribution is 2.42. The summed E-state index contributed by atoms with van der Waals surface area (Å²) in [5.74, 6) is 0.729. The van der Waals surface area contributed by atoms with Crippen molar-refractivity contribution in [1.82, 2.24) is 14.7 Å². The molecule has 2 atom stereocenters. The third-order valence-electron chi connectivity index (χ3n) is 5.17. The minimum absolute atomic E-state index is 0.121. The first-order valence-electron chi connectivity index (χ1n) is 7.72. The lowest BCUT2D eigenvalue weighted by molar-refractivity contribution is 0.188.